The predicted molar refractivity (Wildman–Crippen MR) is 56.8 cm³/mol. The Hall–Kier alpha value is -1.29. The Balaban J connectivity index is 2.32. The normalized spacial score (nSPS) is 16.4. The molecule has 2 rings (SSSR count). The summed E-state index contributed by atoms with van der Waals surface area (Å²) in [6.45, 7) is 1.99. The van der Waals surface area contributed by atoms with Crippen LogP contribution in [0.2, 0.25) is 0 Å². The molecule has 0 radical (unpaired) electrons. The molecule has 0 fully saturated rings. The second-order valence-corrected chi connectivity index (χ2v) is 4.22. The summed E-state index contributed by atoms with van der Waals surface area (Å²) in [5.41, 5.74) is 3.48. The van der Waals surface area contributed by atoms with Gasteiger partial charge in [0.2, 0.25) is 0 Å². The highest BCUT2D eigenvalue weighted by Crippen LogP contribution is 2.21. The zero-order chi connectivity index (χ0) is 11.0. The number of nitrogens with zero attached hydrogens (tertiary/aromatic N) is 2. The van der Waals surface area contributed by atoms with E-state index in [1.807, 2.05) is 17.7 Å². The minimum absolute atomic E-state index is 0.118. The molecule has 4 nitrogen and oxygen atoms in total. The van der Waals surface area contributed by atoms with Crippen molar-refractivity contribution in [2.24, 2.45) is 7.05 Å². The van der Waals surface area contributed by atoms with E-state index in [4.69, 9.17) is 5.11 Å². The highest BCUT2D eigenvalue weighted by molar-refractivity contribution is 5.69. The topological polar surface area (TPSA) is 45.5 Å². The molecule has 0 spiro atoms. The van der Waals surface area contributed by atoms with E-state index >= 15 is 0 Å². The third kappa shape index (κ3) is 1.90. The van der Waals surface area contributed by atoms with Gasteiger partial charge < -0.3 is 14.6 Å². The first kappa shape index (κ1) is 10.2. The van der Waals surface area contributed by atoms with Gasteiger partial charge in [-0.25, -0.2) is 0 Å². The third-order valence-electron chi connectivity index (χ3n) is 3.05. The van der Waals surface area contributed by atoms with Crippen LogP contribution in [0, 0.1) is 0 Å². The zero-order valence-corrected chi connectivity index (χ0v) is 9.16. The average Bonchev–Trinajstić information content (AvgIpc) is 2.42. The van der Waals surface area contributed by atoms with Crippen LogP contribution < -0.4 is 0 Å². The Morgan fingerprint density at radius 2 is 2.27 bits per heavy atom. The molecular formula is C11H16N2O2. The summed E-state index contributed by atoms with van der Waals surface area (Å²) < 4.78 is 2.04. The Morgan fingerprint density at radius 1 is 1.53 bits per heavy atom. The molecule has 1 N–H and O–H groups in total. The fourth-order valence-corrected chi connectivity index (χ4v) is 2.23. The number of carbonyl (C=O) groups is 1. The van der Waals surface area contributed by atoms with Gasteiger partial charge in [0.15, 0.2) is 0 Å². The molecule has 0 aliphatic carbocycles. The Morgan fingerprint density at radius 3 is 2.93 bits per heavy atom. The van der Waals surface area contributed by atoms with Crippen molar-refractivity contribution >= 4 is 5.97 Å². The molecular weight excluding hydrogens is 192 g/mol. The average molecular weight is 208 g/mol. The highest BCUT2D eigenvalue weighted by Gasteiger charge is 2.19. The van der Waals surface area contributed by atoms with Gasteiger partial charge in [-0.05, 0) is 18.7 Å². The van der Waals surface area contributed by atoms with E-state index in [0.717, 1.165) is 25.2 Å². The summed E-state index contributed by atoms with van der Waals surface area (Å²) in [7, 11) is 4.05. The van der Waals surface area contributed by atoms with E-state index in [1.165, 1.54) is 11.3 Å². The van der Waals surface area contributed by atoms with E-state index in [0.29, 0.717) is 0 Å². The Kier molecular flexibility index (Phi) is 2.52. The van der Waals surface area contributed by atoms with Crippen LogP contribution in [0.4, 0.5) is 0 Å². The van der Waals surface area contributed by atoms with Crippen LogP contribution in [0.1, 0.15) is 17.0 Å². The molecule has 0 saturated carbocycles. The highest BCUT2D eigenvalue weighted by atomic mass is 16.4. The maximum absolute atomic E-state index is 10.7. The van der Waals surface area contributed by atoms with Crippen LogP contribution in [0.3, 0.4) is 0 Å². The Bertz CT molecular complexity index is 396. The number of rotatable bonds is 2. The van der Waals surface area contributed by atoms with Gasteiger partial charge in [-0.3, -0.25) is 4.79 Å². The summed E-state index contributed by atoms with van der Waals surface area (Å²) in [5.74, 6) is -0.763. The molecule has 0 aromatic carbocycles. The molecule has 2 heterocycles. The lowest BCUT2D eigenvalue weighted by Crippen LogP contribution is -2.26. The SMILES string of the molecule is CN1CCc2c(cc(CC(=O)O)n2C)C1. The quantitative estimate of drug-likeness (QED) is 0.775. The molecule has 0 bridgehead atoms. The molecule has 1 aliphatic rings. The number of hydrogen-bond acceptors (Lipinski definition) is 2. The maximum Gasteiger partial charge on any atom is 0.309 e. The van der Waals surface area contributed by atoms with Gasteiger partial charge in [-0.1, -0.05) is 0 Å². The molecule has 0 amide bonds. The van der Waals surface area contributed by atoms with E-state index in [2.05, 4.69) is 11.9 Å². The molecule has 4 heteroatoms. The Labute approximate surface area is 89.1 Å². The first-order chi connectivity index (χ1) is 7.08. The minimum Gasteiger partial charge on any atom is -0.481 e. The second-order valence-electron chi connectivity index (χ2n) is 4.22. The largest absolute Gasteiger partial charge is 0.481 e. The smallest absolute Gasteiger partial charge is 0.309 e. The summed E-state index contributed by atoms with van der Waals surface area (Å²) in [4.78, 5) is 12.9. The summed E-state index contributed by atoms with van der Waals surface area (Å²) in [5, 5.41) is 8.78. The van der Waals surface area contributed by atoms with Crippen LogP contribution in [0.25, 0.3) is 0 Å². The number of hydrogen-bond donors (Lipinski definition) is 1. The number of likely N-dealkylation sites (N-methyl/N-ethyl adjacent to an activating group) is 1. The molecule has 1 aliphatic heterocycles. The molecule has 15 heavy (non-hydrogen) atoms. The van der Waals surface area contributed by atoms with Gasteiger partial charge in [-0.2, -0.15) is 0 Å². The molecule has 0 atom stereocenters. The monoisotopic (exact) mass is 208 g/mol. The van der Waals surface area contributed by atoms with E-state index in [1.54, 1.807) is 0 Å². The number of fused-ring (bicyclic) bond motifs is 1. The zero-order valence-electron chi connectivity index (χ0n) is 9.16. The molecule has 0 saturated heterocycles. The first-order valence-corrected chi connectivity index (χ1v) is 5.14. The fourth-order valence-electron chi connectivity index (χ4n) is 2.23. The van der Waals surface area contributed by atoms with E-state index in [9.17, 15) is 4.79 Å². The van der Waals surface area contributed by atoms with Crippen LogP contribution >= 0.6 is 0 Å². The summed E-state index contributed by atoms with van der Waals surface area (Å²) >= 11 is 0. The predicted octanol–water partition coefficient (Wildman–Crippen LogP) is 0.640. The van der Waals surface area contributed by atoms with Crippen LogP contribution in [-0.2, 0) is 31.2 Å². The van der Waals surface area contributed by atoms with Gasteiger partial charge in [0.05, 0.1) is 6.42 Å². The van der Waals surface area contributed by atoms with Crippen molar-refractivity contribution < 1.29 is 9.90 Å². The molecule has 1 aromatic rings. The third-order valence-corrected chi connectivity index (χ3v) is 3.05. The van der Waals surface area contributed by atoms with Crippen molar-refractivity contribution in [3.63, 3.8) is 0 Å². The molecule has 0 unspecified atom stereocenters. The van der Waals surface area contributed by atoms with Crippen molar-refractivity contribution in [3.8, 4) is 0 Å². The maximum atomic E-state index is 10.7. The number of carboxylic acids is 1. The van der Waals surface area contributed by atoms with E-state index in [-0.39, 0.29) is 6.42 Å². The van der Waals surface area contributed by atoms with E-state index < -0.39 is 5.97 Å². The number of aliphatic carboxylic acids is 1. The summed E-state index contributed by atoms with van der Waals surface area (Å²) in [6, 6.07) is 2.03. The van der Waals surface area contributed by atoms with Crippen molar-refractivity contribution in [2.45, 2.75) is 19.4 Å². The lowest BCUT2D eigenvalue weighted by Gasteiger charge is -2.23. The van der Waals surface area contributed by atoms with Crippen molar-refractivity contribution in [1.29, 1.82) is 0 Å². The van der Waals surface area contributed by atoms with Crippen LogP contribution in [-0.4, -0.2) is 34.1 Å². The van der Waals surface area contributed by atoms with Gasteiger partial charge in [-0.15, -0.1) is 0 Å². The van der Waals surface area contributed by atoms with Crippen molar-refractivity contribution in [2.75, 3.05) is 13.6 Å². The number of carboxylic acid groups (broad SMARTS) is 1. The standard InChI is InChI=1S/C11H16N2O2/c1-12-4-3-10-8(7-12)5-9(13(10)2)6-11(14)15/h5H,3-4,6-7H2,1-2H3,(H,14,15). The number of aromatic nitrogens is 1. The molecule has 1 aromatic heterocycles. The van der Waals surface area contributed by atoms with Crippen LogP contribution in [0.15, 0.2) is 6.07 Å². The van der Waals surface area contributed by atoms with Crippen LogP contribution in [0.5, 0.6) is 0 Å². The van der Waals surface area contributed by atoms with Crippen molar-refractivity contribution in [1.82, 2.24) is 9.47 Å². The van der Waals surface area contributed by atoms with Crippen molar-refractivity contribution in [3.05, 3.63) is 23.0 Å². The summed E-state index contributed by atoms with van der Waals surface area (Å²) in [6.07, 6.45) is 1.13. The van der Waals surface area contributed by atoms with Gasteiger partial charge in [0.25, 0.3) is 0 Å². The lowest BCUT2D eigenvalue weighted by molar-refractivity contribution is -0.136. The van der Waals surface area contributed by atoms with Gasteiger partial charge in [0.1, 0.15) is 0 Å². The lowest BCUT2D eigenvalue weighted by atomic mass is 10.1. The second kappa shape index (κ2) is 3.70. The fraction of sp³-hybridized carbons (Fsp3) is 0.545. The molecule has 82 valence electrons. The minimum atomic E-state index is -0.763. The van der Waals surface area contributed by atoms with Gasteiger partial charge in [0, 0.05) is 37.9 Å². The van der Waals surface area contributed by atoms with Gasteiger partial charge >= 0.3 is 5.97 Å². The first-order valence-electron chi connectivity index (χ1n) is 5.14.